The minimum Gasteiger partial charge on any atom is -0.393 e. The van der Waals surface area contributed by atoms with Crippen LogP contribution in [0, 0.1) is 11.8 Å². The van der Waals surface area contributed by atoms with E-state index in [1.807, 2.05) is 4.90 Å². The number of piperidine rings is 1. The number of likely N-dealkylation sites (tertiary alicyclic amines) is 1. The average Bonchev–Trinajstić information content (AvgIpc) is 2.83. The van der Waals surface area contributed by atoms with E-state index >= 15 is 0 Å². The van der Waals surface area contributed by atoms with Crippen LogP contribution in [0.5, 0.6) is 0 Å². The van der Waals surface area contributed by atoms with E-state index < -0.39 is 12.1 Å². The quantitative estimate of drug-likeness (QED) is 0.859. The molecule has 1 saturated carbocycles. The van der Waals surface area contributed by atoms with Crippen LogP contribution in [0.25, 0.3) is 0 Å². The van der Waals surface area contributed by atoms with E-state index in [1.54, 1.807) is 7.05 Å². The first-order chi connectivity index (χ1) is 10.3. The van der Waals surface area contributed by atoms with Crippen molar-refractivity contribution in [3.63, 3.8) is 0 Å². The number of aliphatic hydroxyl groups is 1. The number of likely N-dealkylation sites (N-methyl/N-ethyl adjacent to an activating group) is 1. The molecule has 1 N–H and O–H groups in total. The Morgan fingerprint density at radius 3 is 2.59 bits per heavy atom. The SMILES string of the molecule is CN(CC(=O)N1CCCC(C(F)(F)F)C1)CC1CCCC1O. The second-order valence-electron chi connectivity index (χ2n) is 6.68. The lowest BCUT2D eigenvalue weighted by molar-refractivity contribution is -0.188. The zero-order valence-electron chi connectivity index (χ0n) is 13.0. The van der Waals surface area contributed by atoms with Gasteiger partial charge in [-0.3, -0.25) is 9.69 Å². The number of halogens is 3. The highest BCUT2D eigenvalue weighted by atomic mass is 19.4. The lowest BCUT2D eigenvalue weighted by Crippen LogP contribution is -2.48. The Hall–Kier alpha value is -0.820. The molecule has 0 bridgehead atoms. The third kappa shape index (κ3) is 4.59. The maximum Gasteiger partial charge on any atom is 0.393 e. The van der Waals surface area contributed by atoms with Crippen LogP contribution in [-0.2, 0) is 4.79 Å². The van der Waals surface area contributed by atoms with Crippen LogP contribution < -0.4 is 0 Å². The van der Waals surface area contributed by atoms with Gasteiger partial charge in [-0.1, -0.05) is 6.42 Å². The predicted octanol–water partition coefficient (Wildman–Crippen LogP) is 1.88. The molecule has 22 heavy (non-hydrogen) atoms. The van der Waals surface area contributed by atoms with Crippen molar-refractivity contribution >= 4 is 5.91 Å². The molecule has 0 spiro atoms. The predicted molar refractivity (Wildman–Crippen MR) is 76.2 cm³/mol. The second-order valence-corrected chi connectivity index (χ2v) is 6.68. The second kappa shape index (κ2) is 7.17. The Labute approximate surface area is 129 Å². The standard InChI is InChI=1S/C15H25F3N2O2/c1-19(8-11-4-2-6-13(11)21)10-14(22)20-7-3-5-12(9-20)15(16,17)18/h11-13,21H,2-10H2,1H3. The van der Waals surface area contributed by atoms with E-state index in [2.05, 4.69) is 0 Å². The van der Waals surface area contributed by atoms with Gasteiger partial charge < -0.3 is 10.0 Å². The number of amides is 1. The van der Waals surface area contributed by atoms with Crippen molar-refractivity contribution < 1.29 is 23.1 Å². The fourth-order valence-electron chi connectivity index (χ4n) is 3.50. The van der Waals surface area contributed by atoms with Gasteiger partial charge in [0.1, 0.15) is 0 Å². The highest BCUT2D eigenvalue weighted by molar-refractivity contribution is 5.78. The van der Waals surface area contributed by atoms with Crippen molar-refractivity contribution in [1.82, 2.24) is 9.80 Å². The van der Waals surface area contributed by atoms with Crippen molar-refractivity contribution in [1.29, 1.82) is 0 Å². The first-order valence-corrected chi connectivity index (χ1v) is 7.98. The van der Waals surface area contributed by atoms with Gasteiger partial charge in [0.25, 0.3) is 0 Å². The van der Waals surface area contributed by atoms with Crippen LogP contribution in [0.3, 0.4) is 0 Å². The molecule has 1 aliphatic carbocycles. The molecule has 3 atom stereocenters. The minimum absolute atomic E-state index is 0.109. The maximum atomic E-state index is 12.8. The largest absolute Gasteiger partial charge is 0.393 e. The van der Waals surface area contributed by atoms with Gasteiger partial charge in [-0.05, 0) is 38.6 Å². The average molecular weight is 322 g/mol. The third-order valence-electron chi connectivity index (χ3n) is 4.81. The zero-order chi connectivity index (χ0) is 16.3. The Morgan fingerprint density at radius 2 is 2.00 bits per heavy atom. The molecule has 2 rings (SSSR count). The zero-order valence-corrected chi connectivity index (χ0v) is 13.0. The van der Waals surface area contributed by atoms with Gasteiger partial charge in [0, 0.05) is 19.6 Å². The minimum atomic E-state index is -4.22. The molecule has 0 aromatic carbocycles. The van der Waals surface area contributed by atoms with Gasteiger partial charge in [-0.2, -0.15) is 13.2 Å². The van der Waals surface area contributed by atoms with Crippen LogP contribution in [0.1, 0.15) is 32.1 Å². The Morgan fingerprint density at radius 1 is 1.27 bits per heavy atom. The van der Waals surface area contributed by atoms with E-state index in [-0.39, 0.29) is 37.4 Å². The summed E-state index contributed by atoms with van der Waals surface area (Å²) in [4.78, 5) is 15.3. The number of alkyl halides is 3. The first-order valence-electron chi connectivity index (χ1n) is 7.98. The van der Waals surface area contributed by atoms with Crippen LogP contribution in [0.15, 0.2) is 0 Å². The summed E-state index contributed by atoms with van der Waals surface area (Å²) in [5, 5.41) is 9.80. The van der Waals surface area contributed by atoms with Gasteiger partial charge in [0.15, 0.2) is 0 Å². The summed E-state index contributed by atoms with van der Waals surface area (Å²) in [6.07, 6.45) is -1.29. The topological polar surface area (TPSA) is 43.8 Å². The van der Waals surface area contributed by atoms with Crippen LogP contribution >= 0.6 is 0 Å². The summed E-state index contributed by atoms with van der Waals surface area (Å²) in [6.45, 7) is 0.921. The molecule has 7 heteroatoms. The summed E-state index contributed by atoms with van der Waals surface area (Å²) in [5.74, 6) is -1.47. The lowest BCUT2D eigenvalue weighted by Gasteiger charge is -2.35. The van der Waals surface area contributed by atoms with E-state index in [4.69, 9.17) is 0 Å². The van der Waals surface area contributed by atoms with Crippen LogP contribution in [0.2, 0.25) is 0 Å². The monoisotopic (exact) mass is 322 g/mol. The Kier molecular flexibility index (Phi) is 5.71. The lowest BCUT2D eigenvalue weighted by atomic mass is 9.97. The number of carbonyl (C=O) groups is 1. The van der Waals surface area contributed by atoms with Gasteiger partial charge in [-0.25, -0.2) is 0 Å². The summed E-state index contributed by atoms with van der Waals surface area (Å²) in [6, 6.07) is 0. The molecule has 1 amide bonds. The molecule has 2 aliphatic rings. The van der Waals surface area contributed by atoms with Crippen molar-refractivity contribution in [3.8, 4) is 0 Å². The summed E-state index contributed by atoms with van der Waals surface area (Å²) >= 11 is 0. The Balaban J connectivity index is 1.80. The molecule has 0 aromatic heterocycles. The molecule has 1 heterocycles. The molecule has 0 aromatic rings. The van der Waals surface area contributed by atoms with Gasteiger partial charge in [-0.15, -0.1) is 0 Å². The Bertz CT molecular complexity index is 389. The molecular formula is C15H25F3N2O2. The van der Waals surface area contributed by atoms with Crippen molar-refractivity contribution in [2.24, 2.45) is 11.8 Å². The summed E-state index contributed by atoms with van der Waals surface area (Å²) in [7, 11) is 1.79. The van der Waals surface area contributed by atoms with Gasteiger partial charge in [0.05, 0.1) is 18.6 Å². The molecule has 2 fully saturated rings. The smallest absolute Gasteiger partial charge is 0.393 e. The van der Waals surface area contributed by atoms with Gasteiger partial charge in [0.2, 0.25) is 5.91 Å². The number of nitrogens with zero attached hydrogens (tertiary/aromatic N) is 2. The fraction of sp³-hybridized carbons (Fsp3) is 0.933. The third-order valence-corrected chi connectivity index (χ3v) is 4.81. The molecule has 3 unspecified atom stereocenters. The molecule has 1 aliphatic heterocycles. The number of aliphatic hydroxyl groups excluding tert-OH is 1. The van der Waals surface area contributed by atoms with E-state index in [0.717, 1.165) is 19.3 Å². The van der Waals surface area contributed by atoms with Crippen molar-refractivity contribution in [3.05, 3.63) is 0 Å². The first kappa shape index (κ1) is 17.5. The normalized spacial score (nSPS) is 30.1. The molecule has 4 nitrogen and oxygen atoms in total. The summed E-state index contributed by atoms with van der Waals surface area (Å²) in [5.41, 5.74) is 0. The molecule has 128 valence electrons. The van der Waals surface area contributed by atoms with Crippen LogP contribution in [0.4, 0.5) is 13.2 Å². The number of carbonyl (C=O) groups excluding carboxylic acids is 1. The summed E-state index contributed by atoms with van der Waals surface area (Å²) < 4.78 is 38.3. The van der Waals surface area contributed by atoms with Crippen LogP contribution in [-0.4, -0.2) is 66.3 Å². The van der Waals surface area contributed by atoms with Crippen molar-refractivity contribution in [2.45, 2.75) is 44.4 Å². The van der Waals surface area contributed by atoms with E-state index in [9.17, 15) is 23.1 Å². The highest BCUT2D eigenvalue weighted by Crippen LogP contribution is 2.33. The number of hydrogen-bond acceptors (Lipinski definition) is 3. The molecule has 0 radical (unpaired) electrons. The van der Waals surface area contributed by atoms with Crippen molar-refractivity contribution in [2.75, 3.05) is 33.2 Å². The number of rotatable bonds is 4. The molecular weight excluding hydrogens is 297 g/mol. The number of hydrogen-bond donors (Lipinski definition) is 1. The maximum absolute atomic E-state index is 12.8. The van der Waals surface area contributed by atoms with E-state index in [0.29, 0.717) is 19.5 Å². The fourth-order valence-corrected chi connectivity index (χ4v) is 3.50. The van der Waals surface area contributed by atoms with E-state index in [1.165, 1.54) is 4.90 Å². The van der Waals surface area contributed by atoms with Gasteiger partial charge >= 0.3 is 6.18 Å². The highest BCUT2D eigenvalue weighted by Gasteiger charge is 2.42. The molecule has 1 saturated heterocycles.